The number of hydrogen-bond donors (Lipinski definition) is 2. The normalized spacial score (nSPS) is 10.2. The van der Waals surface area contributed by atoms with Crippen LogP contribution in [-0.4, -0.2) is 33.2 Å². The average molecular weight is 317 g/mol. The molecule has 2 rings (SSSR count). The molecule has 0 unspecified atom stereocenters. The van der Waals surface area contributed by atoms with E-state index in [4.69, 9.17) is 4.74 Å². The number of ether oxygens (including phenoxy) is 1. The summed E-state index contributed by atoms with van der Waals surface area (Å²) in [6, 6.07) is 5.06. The molecular weight excluding hydrogens is 298 g/mol. The van der Waals surface area contributed by atoms with Crippen LogP contribution in [0.25, 0.3) is 0 Å². The highest BCUT2D eigenvalue weighted by Crippen LogP contribution is 2.13. The van der Waals surface area contributed by atoms with E-state index in [0.717, 1.165) is 11.4 Å². The SMILES string of the molecule is CCOc1ncccc1C(=O)NNC(=O)Cn1nc(C)cc1C. The first-order valence-electron chi connectivity index (χ1n) is 7.19. The van der Waals surface area contributed by atoms with Crippen molar-refractivity contribution < 1.29 is 14.3 Å². The lowest BCUT2D eigenvalue weighted by Gasteiger charge is -2.10. The zero-order valence-corrected chi connectivity index (χ0v) is 13.3. The van der Waals surface area contributed by atoms with Gasteiger partial charge in [0.1, 0.15) is 12.1 Å². The van der Waals surface area contributed by atoms with Crippen molar-refractivity contribution in [3.63, 3.8) is 0 Å². The van der Waals surface area contributed by atoms with E-state index in [1.807, 2.05) is 19.9 Å². The predicted octanol–water partition coefficient (Wildman–Crippen LogP) is 0.755. The number of hydrogen-bond acceptors (Lipinski definition) is 5. The minimum absolute atomic E-state index is 0.0192. The zero-order chi connectivity index (χ0) is 16.8. The van der Waals surface area contributed by atoms with Gasteiger partial charge in [0.15, 0.2) is 0 Å². The van der Waals surface area contributed by atoms with Crippen LogP contribution in [0, 0.1) is 13.8 Å². The van der Waals surface area contributed by atoms with Gasteiger partial charge >= 0.3 is 0 Å². The number of nitrogens with zero attached hydrogens (tertiary/aromatic N) is 3. The second-order valence-corrected chi connectivity index (χ2v) is 4.88. The Morgan fingerprint density at radius 1 is 1.30 bits per heavy atom. The number of nitrogens with one attached hydrogen (secondary N) is 2. The highest BCUT2D eigenvalue weighted by Gasteiger charge is 2.14. The Kier molecular flexibility index (Phi) is 5.29. The van der Waals surface area contributed by atoms with E-state index in [-0.39, 0.29) is 23.9 Å². The zero-order valence-electron chi connectivity index (χ0n) is 13.3. The molecule has 0 radical (unpaired) electrons. The van der Waals surface area contributed by atoms with Crippen molar-refractivity contribution in [2.24, 2.45) is 0 Å². The van der Waals surface area contributed by atoms with Gasteiger partial charge in [-0.3, -0.25) is 25.1 Å². The first kappa shape index (κ1) is 16.5. The summed E-state index contributed by atoms with van der Waals surface area (Å²) >= 11 is 0. The van der Waals surface area contributed by atoms with Crippen molar-refractivity contribution in [1.29, 1.82) is 0 Å². The molecule has 0 aliphatic carbocycles. The number of aromatic nitrogens is 3. The van der Waals surface area contributed by atoms with E-state index >= 15 is 0 Å². The van der Waals surface area contributed by atoms with Crippen molar-refractivity contribution in [3.8, 4) is 5.88 Å². The third-order valence-corrected chi connectivity index (χ3v) is 3.01. The van der Waals surface area contributed by atoms with Gasteiger partial charge in [0.25, 0.3) is 11.8 Å². The lowest BCUT2D eigenvalue weighted by atomic mass is 10.2. The first-order valence-corrected chi connectivity index (χ1v) is 7.19. The Morgan fingerprint density at radius 2 is 2.09 bits per heavy atom. The molecule has 122 valence electrons. The molecule has 0 fully saturated rings. The number of rotatable bonds is 5. The number of hydrazine groups is 1. The second kappa shape index (κ2) is 7.39. The maximum atomic E-state index is 12.1. The molecule has 2 heterocycles. The lowest BCUT2D eigenvalue weighted by molar-refractivity contribution is -0.122. The van der Waals surface area contributed by atoms with E-state index in [2.05, 4.69) is 20.9 Å². The smallest absolute Gasteiger partial charge is 0.275 e. The summed E-state index contributed by atoms with van der Waals surface area (Å²) in [6.07, 6.45) is 1.53. The predicted molar refractivity (Wildman–Crippen MR) is 82.7 cm³/mol. The van der Waals surface area contributed by atoms with Crippen LogP contribution in [0.4, 0.5) is 0 Å². The molecule has 0 aliphatic heterocycles. The fraction of sp³-hybridized carbons (Fsp3) is 0.333. The molecule has 2 amide bonds. The van der Waals surface area contributed by atoms with Crippen molar-refractivity contribution in [2.75, 3.05) is 6.61 Å². The largest absolute Gasteiger partial charge is 0.477 e. The van der Waals surface area contributed by atoms with Gasteiger partial charge in [-0.15, -0.1) is 0 Å². The summed E-state index contributed by atoms with van der Waals surface area (Å²) in [6.45, 7) is 5.91. The molecule has 0 spiro atoms. The number of carbonyl (C=O) groups excluding carboxylic acids is 2. The number of pyridine rings is 1. The van der Waals surface area contributed by atoms with Crippen molar-refractivity contribution in [1.82, 2.24) is 25.6 Å². The van der Waals surface area contributed by atoms with Crippen LogP contribution >= 0.6 is 0 Å². The van der Waals surface area contributed by atoms with Crippen molar-refractivity contribution in [3.05, 3.63) is 41.3 Å². The van der Waals surface area contributed by atoms with E-state index in [9.17, 15) is 9.59 Å². The summed E-state index contributed by atoms with van der Waals surface area (Å²) in [5.41, 5.74) is 6.65. The maximum absolute atomic E-state index is 12.1. The summed E-state index contributed by atoms with van der Waals surface area (Å²) in [4.78, 5) is 28.0. The monoisotopic (exact) mass is 317 g/mol. The molecule has 23 heavy (non-hydrogen) atoms. The fourth-order valence-corrected chi connectivity index (χ4v) is 2.02. The van der Waals surface area contributed by atoms with E-state index in [0.29, 0.717) is 6.61 Å². The molecule has 0 saturated carbocycles. The van der Waals surface area contributed by atoms with Gasteiger partial charge in [-0.2, -0.15) is 5.10 Å². The Hall–Kier alpha value is -2.90. The minimum Gasteiger partial charge on any atom is -0.477 e. The number of aryl methyl sites for hydroxylation is 2. The standard InChI is InChI=1S/C15H19N5O3/c1-4-23-15-12(6-5-7-16-15)14(22)18-17-13(21)9-20-11(3)8-10(2)19-20/h5-8H,4,9H2,1-3H3,(H,17,21)(H,18,22). The van der Waals surface area contributed by atoms with Crippen molar-refractivity contribution >= 4 is 11.8 Å². The first-order chi connectivity index (χ1) is 11.0. The third-order valence-electron chi connectivity index (χ3n) is 3.01. The lowest BCUT2D eigenvalue weighted by Crippen LogP contribution is -2.43. The molecular formula is C15H19N5O3. The maximum Gasteiger partial charge on any atom is 0.275 e. The molecule has 2 aromatic heterocycles. The summed E-state index contributed by atoms with van der Waals surface area (Å²) in [5, 5.41) is 4.19. The fourth-order valence-electron chi connectivity index (χ4n) is 2.02. The summed E-state index contributed by atoms with van der Waals surface area (Å²) < 4.78 is 6.84. The van der Waals surface area contributed by atoms with E-state index < -0.39 is 5.91 Å². The number of carbonyl (C=O) groups is 2. The highest BCUT2D eigenvalue weighted by atomic mass is 16.5. The molecule has 8 heteroatoms. The Morgan fingerprint density at radius 3 is 2.74 bits per heavy atom. The molecule has 2 N–H and O–H groups in total. The highest BCUT2D eigenvalue weighted by molar-refractivity contribution is 5.97. The molecule has 0 saturated heterocycles. The van der Waals surface area contributed by atoms with E-state index in [1.165, 1.54) is 6.20 Å². The van der Waals surface area contributed by atoms with Crippen LogP contribution < -0.4 is 15.6 Å². The topological polar surface area (TPSA) is 98.1 Å². The second-order valence-electron chi connectivity index (χ2n) is 4.88. The van der Waals surface area contributed by atoms with Gasteiger partial charge in [0, 0.05) is 11.9 Å². The van der Waals surface area contributed by atoms with Gasteiger partial charge in [-0.1, -0.05) is 0 Å². The molecule has 0 aromatic carbocycles. The molecule has 0 atom stereocenters. The van der Waals surface area contributed by atoms with Gasteiger partial charge in [-0.25, -0.2) is 4.98 Å². The Bertz CT molecular complexity index is 711. The molecule has 2 aromatic rings. The molecule has 0 bridgehead atoms. The van der Waals surface area contributed by atoms with Crippen LogP contribution in [0.1, 0.15) is 28.7 Å². The van der Waals surface area contributed by atoms with Crippen molar-refractivity contribution in [2.45, 2.75) is 27.3 Å². The Balaban J connectivity index is 1.94. The average Bonchev–Trinajstić information content (AvgIpc) is 2.83. The van der Waals surface area contributed by atoms with Gasteiger partial charge in [-0.05, 0) is 39.0 Å². The van der Waals surface area contributed by atoms with Crippen LogP contribution in [0.3, 0.4) is 0 Å². The van der Waals surface area contributed by atoms with Gasteiger partial charge < -0.3 is 4.74 Å². The van der Waals surface area contributed by atoms with E-state index in [1.54, 1.807) is 23.7 Å². The number of amides is 2. The van der Waals surface area contributed by atoms with Gasteiger partial charge in [0.2, 0.25) is 5.88 Å². The van der Waals surface area contributed by atoms with Crippen LogP contribution in [0.2, 0.25) is 0 Å². The Labute approximate surface area is 133 Å². The van der Waals surface area contributed by atoms with Crippen LogP contribution in [0.15, 0.2) is 24.4 Å². The molecule has 8 nitrogen and oxygen atoms in total. The quantitative estimate of drug-likeness (QED) is 0.793. The van der Waals surface area contributed by atoms with Gasteiger partial charge in [0.05, 0.1) is 12.3 Å². The summed E-state index contributed by atoms with van der Waals surface area (Å²) in [7, 11) is 0. The van der Waals surface area contributed by atoms with Crippen LogP contribution in [-0.2, 0) is 11.3 Å². The third kappa shape index (κ3) is 4.29. The minimum atomic E-state index is -0.497. The summed E-state index contributed by atoms with van der Waals surface area (Å²) in [5.74, 6) is -0.657. The van der Waals surface area contributed by atoms with Crippen LogP contribution in [0.5, 0.6) is 5.88 Å². The molecule has 0 aliphatic rings.